The molecule has 1 aromatic heterocycles. The molecule has 150 valence electrons. The second-order valence-electron chi connectivity index (χ2n) is 7.24. The maximum absolute atomic E-state index is 11.4. The quantitative estimate of drug-likeness (QED) is 0.436. The molecule has 0 unspecified atom stereocenters. The Morgan fingerprint density at radius 2 is 1.90 bits per heavy atom. The van der Waals surface area contributed by atoms with Crippen LogP contribution in [0.3, 0.4) is 0 Å². The monoisotopic (exact) mass is 393 g/mol. The zero-order valence-corrected chi connectivity index (χ0v) is 15.8. The molecule has 0 radical (unpaired) electrons. The maximum atomic E-state index is 11.4. The fourth-order valence-electron chi connectivity index (χ4n) is 3.80. The van der Waals surface area contributed by atoms with Crippen molar-refractivity contribution in [2.45, 2.75) is 25.0 Å². The number of likely N-dealkylation sites (tertiary alicyclic amines) is 1. The summed E-state index contributed by atoms with van der Waals surface area (Å²) in [5, 5.41) is 27.1. The van der Waals surface area contributed by atoms with E-state index in [4.69, 9.17) is 5.21 Å². The highest BCUT2D eigenvalue weighted by Crippen LogP contribution is 2.29. The van der Waals surface area contributed by atoms with Crippen LogP contribution in [0.15, 0.2) is 60.8 Å². The van der Waals surface area contributed by atoms with Gasteiger partial charge in [-0.3, -0.25) is 14.9 Å². The van der Waals surface area contributed by atoms with Crippen LogP contribution in [-0.4, -0.2) is 55.3 Å². The van der Waals surface area contributed by atoms with Gasteiger partial charge < -0.3 is 5.11 Å². The topological polar surface area (TPSA) is 104 Å². The van der Waals surface area contributed by atoms with Crippen molar-refractivity contribution >= 4 is 5.91 Å². The summed E-state index contributed by atoms with van der Waals surface area (Å²) in [4.78, 5) is 13.7. The fraction of sp³-hybridized carbons (Fsp3) is 0.286. The van der Waals surface area contributed by atoms with Crippen molar-refractivity contribution in [2.24, 2.45) is 0 Å². The lowest BCUT2D eigenvalue weighted by atomic mass is 10.1. The Labute approximate surface area is 168 Å². The Balaban J connectivity index is 1.47. The number of rotatable bonds is 6. The number of carbonyl (C=O) groups excluding carboxylic acids is 1. The number of aliphatic hydroxyl groups excluding tert-OH is 1. The Bertz CT molecular complexity index is 958. The summed E-state index contributed by atoms with van der Waals surface area (Å²) in [7, 11) is 0. The van der Waals surface area contributed by atoms with Gasteiger partial charge in [-0.1, -0.05) is 47.7 Å². The number of aromatic nitrogens is 3. The first-order chi connectivity index (χ1) is 14.2. The summed E-state index contributed by atoms with van der Waals surface area (Å²) in [6.45, 7) is 1.69. The minimum atomic E-state index is -0.556. The van der Waals surface area contributed by atoms with Crippen LogP contribution in [0.25, 0.3) is 11.3 Å². The van der Waals surface area contributed by atoms with Crippen molar-refractivity contribution in [2.75, 3.05) is 13.2 Å². The number of benzene rings is 2. The van der Waals surface area contributed by atoms with Gasteiger partial charge >= 0.3 is 0 Å². The molecule has 3 aromatic rings. The third-order valence-electron chi connectivity index (χ3n) is 5.37. The summed E-state index contributed by atoms with van der Waals surface area (Å²) in [5.41, 5.74) is 4.75. The smallest absolute Gasteiger partial charge is 0.274 e. The molecule has 2 aromatic carbocycles. The van der Waals surface area contributed by atoms with Gasteiger partial charge in [-0.15, -0.1) is 5.10 Å². The third kappa shape index (κ3) is 4.19. The molecule has 0 bridgehead atoms. The number of carbonyl (C=O) groups is 1. The van der Waals surface area contributed by atoms with E-state index < -0.39 is 5.91 Å². The first-order valence-electron chi connectivity index (χ1n) is 9.53. The van der Waals surface area contributed by atoms with Crippen molar-refractivity contribution in [3.63, 3.8) is 0 Å². The number of amides is 1. The van der Waals surface area contributed by atoms with Gasteiger partial charge in [-0.25, -0.2) is 10.2 Å². The standard InChI is InChI=1S/C21H23N5O3/c27-14-19-10-18(12-25(19)11-15-4-2-1-3-5-15)26-13-20(22-24-26)16-6-8-17(9-7-16)21(28)23-29/h1-9,13,18-19,27,29H,10-12,14H2,(H,23,28)/t18-,19+/m1/s1. The average Bonchev–Trinajstić information content (AvgIpc) is 3.41. The van der Waals surface area contributed by atoms with Gasteiger partial charge in [-0.05, 0) is 24.1 Å². The summed E-state index contributed by atoms with van der Waals surface area (Å²) in [6, 6.07) is 17.2. The van der Waals surface area contributed by atoms with Crippen LogP contribution < -0.4 is 5.48 Å². The molecule has 1 fully saturated rings. The number of hydrogen-bond acceptors (Lipinski definition) is 6. The van der Waals surface area contributed by atoms with Crippen LogP contribution in [0.2, 0.25) is 0 Å². The van der Waals surface area contributed by atoms with Gasteiger partial charge in [0.15, 0.2) is 0 Å². The van der Waals surface area contributed by atoms with E-state index in [-0.39, 0.29) is 18.7 Å². The molecule has 2 atom stereocenters. The van der Waals surface area contributed by atoms with Gasteiger partial charge in [0.2, 0.25) is 0 Å². The van der Waals surface area contributed by atoms with Gasteiger partial charge in [-0.2, -0.15) is 0 Å². The predicted molar refractivity (Wildman–Crippen MR) is 106 cm³/mol. The fourth-order valence-corrected chi connectivity index (χ4v) is 3.80. The highest BCUT2D eigenvalue weighted by molar-refractivity contribution is 5.93. The Morgan fingerprint density at radius 3 is 2.59 bits per heavy atom. The van der Waals surface area contributed by atoms with E-state index in [9.17, 15) is 9.90 Å². The van der Waals surface area contributed by atoms with Gasteiger partial charge in [0.05, 0.1) is 18.8 Å². The molecule has 8 heteroatoms. The SMILES string of the molecule is O=C(NO)c1ccc(-c2cn([C@@H]3C[C@@H](CO)N(Cc4ccccc4)C3)nn2)cc1. The number of nitrogens with zero attached hydrogens (tertiary/aromatic N) is 4. The van der Waals surface area contributed by atoms with Crippen molar-refractivity contribution in [3.8, 4) is 11.3 Å². The minimum absolute atomic E-state index is 0.0872. The Morgan fingerprint density at radius 1 is 1.14 bits per heavy atom. The molecule has 29 heavy (non-hydrogen) atoms. The summed E-state index contributed by atoms with van der Waals surface area (Å²) in [5.74, 6) is -0.556. The molecule has 0 aliphatic carbocycles. The second-order valence-corrected chi connectivity index (χ2v) is 7.24. The molecule has 1 aliphatic rings. The lowest BCUT2D eigenvalue weighted by Crippen LogP contribution is -2.31. The van der Waals surface area contributed by atoms with Crippen LogP contribution >= 0.6 is 0 Å². The second kappa shape index (κ2) is 8.52. The molecule has 2 heterocycles. The number of aliphatic hydroxyl groups is 1. The van der Waals surface area contributed by atoms with Crippen molar-refractivity contribution in [1.29, 1.82) is 0 Å². The van der Waals surface area contributed by atoms with E-state index in [1.54, 1.807) is 29.7 Å². The number of hydrogen-bond donors (Lipinski definition) is 3. The average molecular weight is 393 g/mol. The summed E-state index contributed by atoms with van der Waals surface area (Å²) < 4.78 is 1.86. The molecular formula is C21H23N5O3. The van der Waals surface area contributed by atoms with E-state index in [1.165, 1.54) is 5.56 Å². The van der Waals surface area contributed by atoms with E-state index >= 15 is 0 Å². The molecule has 1 aliphatic heterocycles. The van der Waals surface area contributed by atoms with E-state index in [1.807, 2.05) is 29.1 Å². The van der Waals surface area contributed by atoms with Crippen molar-refractivity contribution in [3.05, 3.63) is 71.9 Å². The molecule has 0 spiro atoms. The van der Waals surface area contributed by atoms with Gasteiger partial charge in [0.25, 0.3) is 5.91 Å². The minimum Gasteiger partial charge on any atom is -0.395 e. The van der Waals surface area contributed by atoms with Crippen LogP contribution in [0.5, 0.6) is 0 Å². The first-order valence-corrected chi connectivity index (χ1v) is 9.53. The largest absolute Gasteiger partial charge is 0.395 e. The van der Waals surface area contributed by atoms with Crippen LogP contribution in [0.4, 0.5) is 0 Å². The van der Waals surface area contributed by atoms with E-state index in [0.717, 1.165) is 25.1 Å². The first kappa shape index (κ1) is 19.3. The van der Waals surface area contributed by atoms with Crippen LogP contribution in [0.1, 0.15) is 28.4 Å². The van der Waals surface area contributed by atoms with Gasteiger partial charge in [0.1, 0.15) is 5.69 Å². The lowest BCUT2D eigenvalue weighted by molar-refractivity contribution is 0.0706. The summed E-state index contributed by atoms with van der Waals surface area (Å²) in [6.07, 6.45) is 2.70. The highest BCUT2D eigenvalue weighted by Gasteiger charge is 2.33. The zero-order valence-electron chi connectivity index (χ0n) is 15.8. The lowest BCUT2D eigenvalue weighted by Gasteiger charge is -2.22. The maximum Gasteiger partial charge on any atom is 0.274 e. The molecule has 1 amide bonds. The Kier molecular flexibility index (Phi) is 5.66. The zero-order chi connectivity index (χ0) is 20.2. The molecule has 1 saturated heterocycles. The summed E-state index contributed by atoms with van der Waals surface area (Å²) >= 11 is 0. The number of hydroxylamine groups is 1. The molecular weight excluding hydrogens is 370 g/mol. The van der Waals surface area contributed by atoms with Crippen LogP contribution in [-0.2, 0) is 6.54 Å². The normalized spacial score (nSPS) is 19.4. The molecule has 4 rings (SSSR count). The number of nitrogens with one attached hydrogen (secondary N) is 1. The molecule has 0 saturated carbocycles. The van der Waals surface area contributed by atoms with Gasteiger partial charge in [0, 0.05) is 30.3 Å². The third-order valence-corrected chi connectivity index (χ3v) is 5.37. The van der Waals surface area contributed by atoms with E-state index in [2.05, 4.69) is 27.3 Å². The van der Waals surface area contributed by atoms with Crippen LogP contribution in [0, 0.1) is 0 Å². The van der Waals surface area contributed by atoms with Crippen molar-refractivity contribution in [1.82, 2.24) is 25.4 Å². The highest BCUT2D eigenvalue weighted by atomic mass is 16.5. The Hall–Kier alpha value is -3.07. The predicted octanol–water partition coefficient (Wildman–Crippen LogP) is 1.87. The molecule has 3 N–H and O–H groups in total. The molecule has 8 nitrogen and oxygen atoms in total. The van der Waals surface area contributed by atoms with E-state index in [0.29, 0.717) is 11.3 Å². The van der Waals surface area contributed by atoms with Crippen molar-refractivity contribution < 1.29 is 15.1 Å².